The lowest BCUT2D eigenvalue weighted by atomic mass is 10.1. The summed E-state index contributed by atoms with van der Waals surface area (Å²) < 4.78 is 16.4. The molecular formula is C17H20N2O3. The Bertz CT molecular complexity index is 656. The Hall–Kier alpha value is -2.43. The van der Waals surface area contributed by atoms with Gasteiger partial charge in [0, 0.05) is 30.2 Å². The highest BCUT2D eigenvalue weighted by atomic mass is 16.5. The van der Waals surface area contributed by atoms with E-state index in [0.29, 0.717) is 12.4 Å². The molecule has 1 atom stereocenters. The number of benzene rings is 1. The van der Waals surface area contributed by atoms with Crippen LogP contribution in [0.3, 0.4) is 0 Å². The van der Waals surface area contributed by atoms with Crippen LogP contribution in [-0.4, -0.2) is 25.3 Å². The van der Waals surface area contributed by atoms with E-state index in [1.54, 1.807) is 20.4 Å². The van der Waals surface area contributed by atoms with Crippen molar-refractivity contribution in [2.75, 3.05) is 19.5 Å². The molecule has 2 aromatic rings. The maximum Gasteiger partial charge on any atom is 0.213 e. The molecule has 1 aliphatic rings. The summed E-state index contributed by atoms with van der Waals surface area (Å²) in [4.78, 5) is 4.19. The summed E-state index contributed by atoms with van der Waals surface area (Å²) in [6, 6.07) is 7.84. The second kappa shape index (κ2) is 6.13. The predicted molar refractivity (Wildman–Crippen MR) is 84.9 cm³/mol. The van der Waals surface area contributed by atoms with Crippen molar-refractivity contribution in [3.63, 3.8) is 0 Å². The number of pyridine rings is 1. The van der Waals surface area contributed by atoms with Crippen molar-refractivity contribution in [1.82, 2.24) is 4.98 Å². The number of anilines is 1. The summed E-state index contributed by atoms with van der Waals surface area (Å²) in [6.07, 6.45) is 2.88. The Morgan fingerprint density at radius 1 is 1.27 bits per heavy atom. The van der Waals surface area contributed by atoms with Crippen LogP contribution in [0.25, 0.3) is 0 Å². The SMILES string of the molecule is COc1cc(CNc2ccc(OC)nc2)c2c(c1)C[C@@H](C)O2. The molecule has 0 aliphatic carbocycles. The number of nitrogens with one attached hydrogen (secondary N) is 1. The fourth-order valence-electron chi connectivity index (χ4n) is 2.63. The van der Waals surface area contributed by atoms with E-state index < -0.39 is 0 Å². The van der Waals surface area contributed by atoms with E-state index in [-0.39, 0.29) is 6.10 Å². The van der Waals surface area contributed by atoms with Gasteiger partial charge in [-0.1, -0.05) is 0 Å². The van der Waals surface area contributed by atoms with Gasteiger partial charge in [-0.15, -0.1) is 0 Å². The first-order valence-electron chi connectivity index (χ1n) is 7.30. The Morgan fingerprint density at radius 3 is 2.82 bits per heavy atom. The fourth-order valence-corrected chi connectivity index (χ4v) is 2.63. The standard InChI is InChI=1S/C17H20N2O3/c1-11-6-12-7-15(20-2)8-13(17(12)22-11)9-18-14-4-5-16(21-3)19-10-14/h4-5,7-8,10-11,18H,6,9H2,1-3H3/t11-/m1/s1. The first-order valence-corrected chi connectivity index (χ1v) is 7.30. The number of rotatable bonds is 5. The predicted octanol–water partition coefficient (Wildman–Crippen LogP) is 3.03. The second-order valence-electron chi connectivity index (χ2n) is 5.35. The van der Waals surface area contributed by atoms with Gasteiger partial charge in [0.25, 0.3) is 0 Å². The molecule has 3 rings (SSSR count). The summed E-state index contributed by atoms with van der Waals surface area (Å²) in [5.41, 5.74) is 3.23. The van der Waals surface area contributed by atoms with Crippen LogP contribution in [0, 0.1) is 0 Å². The lowest BCUT2D eigenvalue weighted by molar-refractivity contribution is 0.252. The molecule has 0 spiro atoms. The molecule has 1 aromatic heterocycles. The van der Waals surface area contributed by atoms with E-state index in [9.17, 15) is 0 Å². The Labute approximate surface area is 130 Å². The zero-order valence-electron chi connectivity index (χ0n) is 13.1. The van der Waals surface area contributed by atoms with E-state index in [1.807, 2.05) is 18.2 Å². The Morgan fingerprint density at radius 2 is 2.14 bits per heavy atom. The number of ether oxygens (including phenoxy) is 3. The Balaban J connectivity index is 1.78. The molecule has 1 N–H and O–H groups in total. The molecular weight excluding hydrogens is 280 g/mol. The number of hydrogen-bond acceptors (Lipinski definition) is 5. The quantitative estimate of drug-likeness (QED) is 0.920. The van der Waals surface area contributed by atoms with Gasteiger partial charge in [0.15, 0.2) is 0 Å². The molecule has 116 valence electrons. The highest BCUT2D eigenvalue weighted by molar-refractivity contribution is 5.52. The summed E-state index contributed by atoms with van der Waals surface area (Å²) in [5, 5.41) is 3.35. The second-order valence-corrected chi connectivity index (χ2v) is 5.35. The molecule has 1 aliphatic heterocycles. The van der Waals surface area contributed by atoms with Gasteiger partial charge in [-0.25, -0.2) is 4.98 Å². The van der Waals surface area contributed by atoms with E-state index >= 15 is 0 Å². The maximum absolute atomic E-state index is 5.93. The molecule has 0 saturated carbocycles. The molecule has 0 bridgehead atoms. The minimum atomic E-state index is 0.212. The van der Waals surface area contributed by atoms with Crippen LogP contribution in [0.5, 0.6) is 17.4 Å². The molecule has 22 heavy (non-hydrogen) atoms. The molecule has 2 heterocycles. The van der Waals surface area contributed by atoms with Gasteiger partial charge in [-0.05, 0) is 25.1 Å². The molecule has 1 aromatic carbocycles. The van der Waals surface area contributed by atoms with E-state index in [1.165, 1.54) is 5.56 Å². The smallest absolute Gasteiger partial charge is 0.213 e. The molecule has 5 heteroatoms. The number of nitrogens with zero attached hydrogens (tertiary/aromatic N) is 1. The van der Waals surface area contributed by atoms with Crippen molar-refractivity contribution in [1.29, 1.82) is 0 Å². The zero-order chi connectivity index (χ0) is 15.5. The van der Waals surface area contributed by atoms with Crippen LogP contribution in [0.1, 0.15) is 18.1 Å². The average Bonchev–Trinajstić information content (AvgIpc) is 2.93. The van der Waals surface area contributed by atoms with Crippen LogP contribution in [-0.2, 0) is 13.0 Å². The third kappa shape index (κ3) is 2.93. The average molecular weight is 300 g/mol. The first-order chi connectivity index (χ1) is 10.7. The Kier molecular flexibility index (Phi) is 4.04. The van der Waals surface area contributed by atoms with E-state index in [4.69, 9.17) is 14.2 Å². The maximum atomic E-state index is 5.93. The van der Waals surface area contributed by atoms with Crippen molar-refractivity contribution < 1.29 is 14.2 Å². The van der Waals surface area contributed by atoms with Gasteiger partial charge in [-0.2, -0.15) is 0 Å². The van der Waals surface area contributed by atoms with Crippen molar-refractivity contribution in [3.05, 3.63) is 41.6 Å². The summed E-state index contributed by atoms with van der Waals surface area (Å²) in [7, 11) is 3.29. The minimum Gasteiger partial charge on any atom is -0.497 e. The van der Waals surface area contributed by atoms with Gasteiger partial charge in [0.1, 0.15) is 17.6 Å². The highest BCUT2D eigenvalue weighted by Crippen LogP contribution is 2.36. The highest BCUT2D eigenvalue weighted by Gasteiger charge is 2.23. The summed E-state index contributed by atoms with van der Waals surface area (Å²) >= 11 is 0. The number of methoxy groups -OCH3 is 2. The summed E-state index contributed by atoms with van der Waals surface area (Å²) in [5.74, 6) is 2.44. The van der Waals surface area contributed by atoms with Crippen LogP contribution in [0.15, 0.2) is 30.5 Å². The van der Waals surface area contributed by atoms with Crippen molar-refractivity contribution in [2.24, 2.45) is 0 Å². The van der Waals surface area contributed by atoms with Crippen LogP contribution in [0.2, 0.25) is 0 Å². The van der Waals surface area contributed by atoms with Crippen LogP contribution < -0.4 is 19.5 Å². The lowest BCUT2D eigenvalue weighted by Crippen LogP contribution is -2.07. The first kappa shape index (κ1) is 14.5. The molecule has 0 fully saturated rings. The molecule has 0 radical (unpaired) electrons. The zero-order valence-corrected chi connectivity index (χ0v) is 13.1. The molecule has 5 nitrogen and oxygen atoms in total. The third-order valence-corrected chi connectivity index (χ3v) is 3.71. The van der Waals surface area contributed by atoms with Crippen molar-refractivity contribution in [3.8, 4) is 17.4 Å². The minimum absolute atomic E-state index is 0.212. The molecule has 0 unspecified atom stereocenters. The number of fused-ring (bicyclic) bond motifs is 1. The monoisotopic (exact) mass is 300 g/mol. The molecule has 0 amide bonds. The largest absolute Gasteiger partial charge is 0.497 e. The van der Waals surface area contributed by atoms with Gasteiger partial charge in [0.05, 0.1) is 26.1 Å². The van der Waals surface area contributed by atoms with Gasteiger partial charge in [-0.3, -0.25) is 0 Å². The van der Waals surface area contributed by atoms with Crippen molar-refractivity contribution >= 4 is 5.69 Å². The summed E-state index contributed by atoms with van der Waals surface area (Å²) in [6.45, 7) is 2.73. The fraction of sp³-hybridized carbons (Fsp3) is 0.353. The number of aromatic nitrogens is 1. The normalized spacial score (nSPS) is 15.9. The van der Waals surface area contributed by atoms with Crippen LogP contribution >= 0.6 is 0 Å². The van der Waals surface area contributed by atoms with Crippen LogP contribution in [0.4, 0.5) is 5.69 Å². The molecule has 0 saturated heterocycles. The lowest BCUT2D eigenvalue weighted by Gasteiger charge is -2.13. The van der Waals surface area contributed by atoms with Gasteiger partial charge >= 0.3 is 0 Å². The van der Waals surface area contributed by atoms with E-state index in [2.05, 4.69) is 23.3 Å². The van der Waals surface area contributed by atoms with Crippen molar-refractivity contribution in [2.45, 2.75) is 26.0 Å². The van der Waals surface area contributed by atoms with Gasteiger partial charge in [0.2, 0.25) is 5.88 Å². The van der Waals surface area contributed by atoms with Gasteiger partial charge < -0.3 is 19.5 Å². The van der Waals surface area contributed by atoms with E-state index in [0.717, 1.165) is 29.2 Å². The number of hydrogen-bond donors (Lipinski definition) is 1. The topological polar surface area (TPSA) is 52.6 Å². The third-order valence-electron chi connectivity index (χ3n) is 3.71.